The van der Waals surface area contributed by atoms with Crippen LogP contribution in [0.5, 0.6) is 0 Å². The van der Waals surface area contributed by atoms with Crippen LogP contribution in [-0.2, 0) is 6.42 Å². The highest BCUT2D eigenvalue weighted by molar-refractivity contribution is 5.45. The first-order valence-corrected chi connectivity index (χ1v) is 6.26. The van der Waals surface area contributed by atoms with E-state index >= 15 is 0 Å². The predicted molar refractivity (Wildman–Crippen MR) is 76.5 cm³/mol. The Hall–Kier alpha value is -2.03. The van der Waals surface area contributed by atoms with E-state index < -0.39 is 0 Å². The molecule has 94 valence electrons. The molecule has 0 aliphatic heterocycles. The summed E-state index contributed by atoms with van der Waals surface area (Å²) < 4.78 is 0. The fourth-order valence-electron chi connectivity index (χ4n) is 1.84. The summed E-state index contributed by atoms with van der Waals surface area (Å²) in [6, 6.07) is 12.6. The lowest BCUT2D eigenvalue weighted by molar-refractivity contribution is 0.873. The summed E-state index contributed by atoms with van der Waals surface area (Å²) in [4.78, 5) is 4.24. The molecule has 0 radical (unpaired) electrons. The number of hydrogen-bond acceptors (Lipinski definition) is 3. The lowest BCUT2D eigenvalue weighted by Gasteiger charge is -2.15. The van der Waals surface area contributed by atoms with Crippen molar-refractivity contribution < 1.29 is 0 Å². The molecule has 0 amide bonds. The van der Waals surface area contributed by atoms with Crippen LogP contribution < -0.4 is 11.1 Å². The van der Waals surface area contributed by atoms with Crippen LogP contribution in [0.15, 0.2) is 42.6 Å². The molecule has 0 aliphatic carbocycles. The number of pyridine rings is 1. The second-order valence-corrected chi connectivity index (χ2v) is 4.44. The topological polar surface area (TPSA) is 50.9 Å². The first kappa shape index (κ1) is 12.4. The van der Waals surface area contributed by atoms with Crippen molar-refractivity contribution in [1.29, 1.82) is 0 Å². The number of aromatic nitrogens is 1. The molecule has 3 nitrogen and oxygen atoms in total. The van der Waals surface area contributed by atoms with E-state index in [0.29, 0.717) is 5.69 Å². The minimum absolute atomic E-state index is 0.229. The third-order valence-electron chi connectivity index (χ3n) is 3.04. The van der Waals surface area contributed by atoms with Crippen molar-refractivity contribution in [3.8, 4) is 0 Å². The van der Waals surface area contributed by atoms with Gasteiger partial charge in [-0.1, -0.05) is 31.2 Å². The van der Waals surface area contributed by atoms with Crippen LogP contribution in [0.1, 0.15) is 31.0 Å². The Morgan fingerprint density at radius 2 is 1.89 bits per heavy atom. The number of rotatable bonds is 4. The molecule has 2 aromatic rings. The zero-order valence-electron chi connectivity index (χ0n) is 10.9. The normalized spacial score (nSPS) is 12.1. The fourth-order valence-corrected chi connectivity index (χ4v) is 1.84. The molecule has 2 rings (SSSR count). The van der Waals surface area contributed by atoms with E-state index in [9.17, 15) is 0 Å². The summed E-state index contributed by atoms with van der Waals surface area (Å²) >= 11 is 0. The van der Waals surface area contributed by atoms with Gasteiger partial charge < -0.3 is 11.1 Å². The highest BCUT2D eigenvalue weighted by Crippen LogP contribution is 2.18. The van der Waals surface area contributed by atoms with E-state index in [2.05, 4.69) is 48.4 Å². The second-order valence-electron chi connectivity index (χ2n) is 4.44. The van der Waals surface area contributed by atoms with Crippen molar-refractivity contribution in [3.05, 3.63) is 53.7 Å². The third kappa shape index (κ3) is 3.00. The maximum atomic E-state index is 5.61. The van der Waals surface area contributed by atoms with Crippen LogP contribution in [0.25, 0.3) is 0 Å². The molecule has 3 heteroatoms. The number of aryl methyl sites for hydroxylation is 1. The Kier molecular flexibility index (Phi) is 3.82. The van der Waals surface area contributed by atoms with Crippen molar-refractivity contribution >= 4 is 11.5 Å². The Bertz CT molecular complexity index is 488. The van der Waals surface area contributed by atoms with E-state index in [1.165, 1.54) is 11.1 Å². The molecule has 0 saturated carbocycles. The molecular weight excluding hydrogens is 222 g/mol. The number of nitrogen functional groups attached to an aromatic ring is 1. The van der Waals surface area contributed by atoms with Gasteiger partial charge in [0.25, 0.3) is 0 Å². The van der Waals surface area contributed by atoms with Gasteiger partial charge in [-0.05, 0) is 36.6 Å². The Balaban J connectivity index is 2.06. The van der Waals surface area contributed by atoms with E-state index in [-0.39, 0.29) is 6.04 Å². The molecule has 3 N–H and O–H groups in total. The van der Waals surface area contributed by atoms with Crippen LogP contribution in [0.2, 0.25) is 0 Å². The predicted octanol–water partition coefficient (Wildman–Crippen LogP) is 3.40. The quantitative estimate of drug-likeness (QED) is 0.862. The van der Waals surface area contributed by atoms with Crippen LogP contribution in [0, 0.1) is 0 Å². The van der Waals surface area contributed by atoms with E-state index in [1.807, 2.05) is 12.1 Å². The molecule has 0 spiro atoms. The SMILES string of the molecule is CCc1ccc(C(C)Nc2ccc(N)cn2)cc1. The van der Waals surface area contributed by atoms with Crippen molar-refractivity contribution in [2.24, 2.45) is 0 Å². The molecule has 1 heterocycles. The molecule has 0 saturated heterocycles. The molecule has 1 aromatic heterocycles. The summed E-state index contributed by atoms with van der Waals surface area (Å²) in [5.74, 6) is 0.844. The van der Waals surface area contributed by atoms with Crippen molar-refractivity contribution in [2.75, 3.05) is 11.1 Å². The first-order chi connectivity index (χ1) is 8.69. The van der Waals surface area contributed by atoms with Crippen molar-refractivity contribution in [3.63, 3.8) is 0 Å². The summed E-state index contributed by atoms with van der Waals surface area (Å²) in [6.45, 7) is 4.29. The zero-order valence-corrected chi connectivity index (χ0v) is 10.9. The standard InChI is InChI=1S/C15H19N3/c1-3-12-4-6-13(7-5-12)11(2)18-15-9-8-14(16)10-17-15/h4-11H,3,16H2,1-2H3,(H,17,18). The largest absolute Gasteiger partial charge is 0.397 e. The van der Waals surface area contributed by atoms with Gasteiger partial charge in [-0.2, -0.15) is 0 Å². The summed E-state index contributed by atoms with van der Waals surface area (Å²) in [5.41, 5.74) is 8.90. The molecule has 1 atom stereocenters. The molecule has 0 aliphatic rings. The minimum Gasteiger partial charge on any atom is -0.397 e. The van der Waals surface area contributed by atoms with Crippen LogP contribution in [-0.4, -0.2) is 4.98 Å². The van der Waals surface area contributed by atoms with E-state index in [0.717, 1.165) is 12.2 Å². The Labute approximate surface area is 108 Å². The van der Waals surface area contributed by atoms with Gasteiger partial charge in [-0.3, -0.25) is 0 Å². The molecule has 1 unspecified atom stereocenters. The van der Waals surface area contributed by atoms with Gasteiger partial charge in [0, 0.05) is 6.04 Å². The Morgan fingerprint density at radius 3 is 2.44 bits per heavy atom. The molecule has 1 aromatic carbocycles. The monoisotopic (exact) mass is 241 g/mol. The third-order valence-corrected chi connectivity index (χ3v) is 3.04. The van der Waals surface area contributed by atoms with Gasteiger partial charge >= 0.3 is 0 Å². The van der Waals surface area contributed by atoms with Gasteiger partial charge in [-0.15, -0.1) is 0 Å². The molecular formula is C15H19N3. The average Bonchev–Trinajstić information content (AvgIpc) is 2.41. The van der Waals surface area contributed by atoms with Crippen molar-refractivity contribution in [1.82, 2.24) is 4.98 Å². The van der Waals surface area contributed by atoms with Gasteiger partial charge in [0.05, 0.1) is 11.9 Å². The number of nitrogens with one attached hydrogen (secondary N) is 1. The minimum atomic E-state index is 0.229. The number of benzene rings is 1. The highest BCUT2D eigenvalue weighted by atomic mass is 15.0. The van der Waals surface area contributed by atoms with Crippen molar-refractivity contribution in [2.45, 2.75) is 26.3 Å². The first-order valence-electron chi connectivity index (χ1n) is 6.26. The second kappa shape index (κ2) is 5.54. The number of anilines is 2. The summed E-state index contributed by atoms with van der Waals surface area (Å²) in [7, 11) is 0. The average molecular weight is 241 g/mol. The molecule has 0 bridgehead atoms. The van der Waals surface area contributed by atoms with Crippen LogP contribution in [0.3, 0.4) is 0 Å². The van der Waals surface area contributed by atoms with Gasteiger partial charge in [0.1, 0.15) is 5.82 Å². The van der Waals surface area contributed by atoms with Crippen LogP contribution >= 0.6 is 0 Å². The summed E-state index contributed by atoms with van der Waals surface area (Å²) in [5, 5.41) is 3.36. The van der Waals surface area contributed by atoms with Gasteiger partial charge in [0.15, 0.2) is 0 Å². The van der Waals surface area contributed by atoms with E-state index in [4.69, 9.17) is 5.73 Å². The number of nitrogens with two attached hydrogens (primary N) is 1. The summed E-state index contributed by atoms with van der Waals surface area (Å²) in [6.07, 6.45) is 2.73. The van der Waals surface area contributed by atoms with Gasteiger partial charge in [-0.25, -0.2) is 4.98 Å². The highest BCUT2D eigenvalue weighted by Gasteiger charge is 2.05. The maximum Gasteiger partial charge on any atom is 0.126 e. The lowest BCUT2D eigenvalue weighted by Crippen LogP contribution is -2.07. The smallest absolute Gasteiger partial charge is 0.126 e. The fraction of sp³-hybridized carbons (Fsp3) is 0.267. The lowest BCUT2D eigenvalue weighted by atomic mass is 10.1. The molecule has 18 heavy (non-hydrogen) atoms. The van der Waals surface area contributed by atoms with Crippen LogP contribution in [0.4, 0.5) is 11.5 Å². The zero-order chi connectivity index (χ0) is 13.0. The molecule has 0 fully saturated rings. The maximum absolute atomic E-state index is 5.61. The Morgan fingerprint density at radius 1 is 1.17 bits per heavy atom. The number of hydrogen-bond donors (Lipinski definition) is 2. The number of nitrogens with zero attached hydrogens (tertiary/aromatic N) is 1. The van der Waals surface area contributed by atoms with Gasteiger partial charge in [0.2, 0.25) is 0 Å². The van der Waals surface area contributed by atoms with E-state index in [1.54, 1.807) is 6.20 Å².